The molecule has 0 aromatic rings. The molecular formula is C12H12N2S. The smallest absolute Gasteiger partial charge is 0.101 e. The van der Waals surface area contributed by atoms with Crippen molar-refractivity contribution >= 4 is 11.8 Å². The van der Waals surface area contributed by atoms with Crippen LogP contribution < -0.4 is 0 Å². The standard InChI is InChI=1S/C12H12N2S/c1-7-8(2)11(5-13)12(6-14)10(4)15-9(7)3/h1-4H3. The first-order chi connectivity index (χ1) is 7.02. The zero-order valence-electron chi connectivity index (χ0n) is 9.30. The Morgan fingerprint density at radius 2 is 1.33 bits per heavy atom. The molecule has 0 bridgehead atoms. The van der Waals surface area contributed by atoms with E-state index in [0.29, 0.717) is 11.1 Å². The lowest BCUT2D eigenvalue weighted by atomic mass is 9.98. The normalized spacial score (nSPS) is 17.5. The minimum atomic E-state index is 0.510. The molecule has 0 N–H and O–H groups in total. The van der Waals surface area contributed by atoms with Gasteiger partial charge in [0.05, 0.1) is 11.1 Å². The highest BCUT2D eigenvalue weighted by atomic mass is 32.2. The Morgan fingerprint density at radius 1 is 0.800 bits per heavy atom. The van der Waals surface area contributed by atoms with Gasteiger partial charge in [0.2, 0.25) is 0 Å². The second kappa shape index (κ2) is 4.38. The predicted molar refractivity (Wildman–Crippen MR) is 62.6 cm³/mol. The second-order valence-electron chi connectivity index (χ2n) is 3.44. The number of thioether (sulfide) groups is 1. The van der Waals surface area contributed by atoms with E-state index in [1.54, 1.807) is 11.8 Å². The van der Waals surface area contributed by atoms with Crippen LogP contribution >= 0.6 is 11.8 Å². The minimum Gasteiger partial charge on any atom is -0.192 e. The third kappa shape index (κ3) is 1.98. The molecule has 0 radical (unpaired) electrons. The maximum Gasteiger partial charge on any atom is 0.101 e. The summed E-state index contributed by atoms with van der Waals surface area (Å²) in [5.41, 5.74) is 3.03. The van der Waals surface area contributed by atoms with Crippen LogP contribution in [0, 0.1) is 22.7 Å². The zero-order valence-corrected chi connectivity index (χ0v) is 10.1. The second-order valence-corrected chi connectivity index (χ2v) is 4.87. The highest BCUT2D eigenvalue weighted by Crippen LogP contribution is 2.38. The van der Waals surface area contributed by atoms with Crippen molar-refractivity contribution in [3.05, 3.63) is 32.1 Å². The highest BCUT2D eigenvalue weighted by molar-refractivity contribution is 8.06. The average Bonchev–Trinajstić information content (AvgIpc) is 2.29. The molecule has 0 saturated heterocycles. The van der Waals surface area contributed by atoms with E-state index in [0.717, 1.165) is 21.0 Å². The van der Waals surface area contributed by atoms with Crippen molar-refractivity contribution < 1.29 is 0 Å². The van der Waals surface area contributed by atoms with Crippen LogP contribution in [0.3, 0.4) is 0 Å². The Morgan fingerprint density at radius 3 is 1.80 bits per heavy atom. The van der Waals surface area contributed by atoms with Gasteiger partial charge in [0.25, 0.3) is 0 Å². The molecule has 0 fully saturated rings. The SMILES string of the molecule is CC1=C(C)C(C)=C(C#N)C(C#N)=C(C)S1. The summed E-state index contributed by atoms with van der Waals surface area (Å²) in [6.07, 6.45) is 0. The van der Waals surface area contributed by atoms with Crippen LogP contribution in [0.5, 0.6) is 0 Å². The van der Waals surface area contributed by atoms with Gasteiger partial charge in [-0.2, -0.15) is 10.5 Å². The Hall–Kier alpha value is -1.45. The Kier molecular flexibility index (Phi) is 3.39. The van der Waals surface area contributed by atoms with Gasteiger partial charge in [-0.15, -0.1) is 0 Å². The first-order valence-electron chi connectivity index (χ1n) is 4.61. The monoisotopic (exact) mass is 216 g/mol. The molecule has 2 nitrogen and oxygen atoms in total. The molecule has 0 amide bonds. The van der Waals surface area contributed by atoms with Crippen molar-refractivity contribution in [3.63, 3.8) is 0 Å². The molecule has 0 unspecified atom stereocenters. The summed E-state index contributed by atoms with van der Waals surface area (Å²) in [7, 11) is 0. The molecule has 0 saturated carbocycles. The van der Waals surface area contributed by atoms with Crippen molar-refractivity contribution in [1.29, 1.82) is 10.5 Å². The van der Waals surface area contributed by atoms with Gasteiger partial charge in [0, 0.05) is 4.91 Å². The van der Waals surface area contributed by atoms with Crippen molar-refractivity contribution in [1.82, 2.24) is 0 Å². The molecule has 0 atom stereocenters. The van der Waals surface area contributed by atoms with Gasteiger partial charge in [-0.1, -0.05) is 11.8 Å². The van der Waals surface area contributed by atoms with Crippen LogP contribution in [-0.2, 0) is 0 Å². The maximum atomic E-state index is 9.08. The van der Waals surface area contributed by atoms with Crippen molar-refractivity contribution in [2.45, 2.75) is 27.7 Å². The molecule has 0 spiro atoms. The minimum absolute atomic E-state index is 0.510. The summed E-state index contributed by atoms with van der Waals surface area (Å²) in [5, 5.41) is 18.1. The van der Waals surface area contributed by atoms with E-state index < -0.39 is 0 Å². The van der Waals surface area contributed by atoms with Crippen molar-refractivity contribution in [3.8, 4) is 12.1 Å². The van der Waals surface area contributed by atoms with E-state index in [9.17, 15) is 0 Å². The largest absolute Gasteiger partial charge is 0.192 e. The highest BCUT2D eigenvalue weighted by Gasteiger charge is 2.18. The van der Waals surface area contributed by atoms with Gasteiger partial charge in [-0.25, -0.2) is 0 Å². The third-order valence-corrected chi connectivity index (χ3v) is 3.72. The number of rotatable bonds is 0. The fourth-order valence-electron chi connectivity index (χ4n) is 1.45. The van der Waals surface area contributed by atoms with Gasteiger partial charge in [-0.3, -0.25) is 0 Å². The lowest BCUT2D eigenvalue weighted by molar-refractivity contribution is 1.27. The van der Waals surface area contributed by atoms with Crippen LogP contribution in [0.25, 0.3) is 0 Å². The van der Waals surface area contributed by atoms with Crippen molar-refractivity contribution in [2.75, 3.05) is 0 Å². The van der Waals surface area contributed by atoms with E-state index >= 15 is 0 Å². The summed E-state index contributed by atoms with van der Waals surface area (Å²) in [6, 6.07) is 4.25. The fraction of sp³-hybridized carbons (Fsp3) is 0.333. The summed E-state index contributed by atoms with van der Waals surface area (Å²) < 4.78 is 0. The van der Waals surface area contributed by atoms with Crippen LogP contribution in [0.2, 0.25) is 0 Å². The average molecular weight is 216 g/mol. The third-order valence-electron chi connectivity index (χ3n) is 2.60. The Bertz CT molecular complexity index is 479. The topological polar surface area (TPSA) is 47.6 Å². The van der Waals surface area contributed by atoms with Crippen LogP contribution in [0.15, 0.2) is 32.1 Å². The fourth-order valence-corrected chi connectivity index (χ4v) is 2.46. The van der Waals surface area contributed by atoms with Gasteiger partial charge in [0.15, 0.2) is 0 Å². The quantitative estimate of drug-likeness (QED) is 0.620. The molecule has 1 heterocycles. The molecule has 1 aliphatic rings. The van der Waals surface area contributed by atoms with E-state index in [4.69, 9.17) is 10.5 Å². The van der Waals surface area contributed by atoms with Crippen LogP contribution in [0.1, 0.15) is 27.7 Å². The number of allylic oxidation sites excluding steroid dienone is 6. The van der Waals surface area contributed by atoms with E-state index in [-0.39, 0.29) is 0 Å². The maximum absolute atomic E-state index is 9.08. The van der Waals surface area contributed by atoms with Gasteiger partial charge in [-0.05, 0) is 43.7 Å². The molecule has 3 heteroatoms. The van der Waals surface area contributed by atoms with E-state index in [1.807, 2.05) is 27.7 Å². The summed E-state index contributed by atoms with van der Waals surface area (Å²) in [6.45, 7) is 7.79. The van der Waals surface area contributed by atoms with Crippen LogP contribution in [0.4, 0.5) is 0 Å². The van der Waals surface area contributed by atoms with Gasteiger partial charge >= 0.3 is 0 Å². The summed E-state index contributed by atoms with van der Waals surface area (Å²) in [4.78, 5) is 2.06. The summed E-state index contributed by atoms with van der Waals surface area (Å²) >= 11 is 1.57. The molecule has 76 valence electrons. The molecule has 0 aromatic carbocycles. The lowest BCUT2D eigenvalue weighted by Crippen LogP contribution is -1.91. The molecule has 0 aromatic heterocycles. The Labute approximate surface area is 94.6 Å². The number of nitrogens with zero attached hydrogens (tertiary/aromatic N) is 2. The number of hydrogen-bond donors (Lipinski definition) is 0. The zero-order chi connectivity index (χ0) is 11.6. The predicted octanol–water partition coefficient (Wildman–Crippen LogP) is 3.66. The first-order valence-corrected chi connectivity index (χ1v) is 5.42. The Balaban J connectivity index is 3.56. The molecule has 15 heavy (non-hydrogen) atoms. The molecule has 1 aliphatic heterocycles. The molecular weight excluding hydrogens is 204 g/mol. The summed E-state index contributed by atoms with van der Waals surface area (Å²) in [5.74, 6) is 0. The molecule has 1 rings (SSSR count). The van der Waals surface area contributed by atoms with E-state index in [2.05, 4.69) is 12.1 Å². The first kappa shape index (κ1) is 11.6. The lowest BCUT2D eigenvalue weighted by Gasteiger charge is -2.04. The number of hydrogen-bond acceptors (Lipinski definition) is 3. The van der Waals surface area contributed by atoms with Gasteiger partial charge < -0.3 is 0 Å². The van der Waals surface area contributed by atoms with Crippen molar-refractivity contribution in [2.24, 2.45) is 0 Å². The molecule has 0 aliphatic carbocycles. The number of nitriles is 2. The van der Waals surface area contributed by atoms with Crippen LogP contribution in [-0.4, -0.2) is 0 Å². The van der Waals surface area contributed by atoms with Gasteiger partial charge in [0.1, 0.15) is 12.1 Å². The van der Waals surface area contributed by atoms with E-state index in [1.165, 1.54) is 0 Å².